The van der Waals surface area contributed by atoms with Crippen LogP contribution in [0.1, 0.15) is 27.2 Å². The molecular formula is C21H28N2O5S. The van der Waals surface area contributed by atoms with Crippen LogP contribution in [0.15, 0.2) is 53.4 Å². The Morgan fingerprint density at radius 3 is 2.34 bits per heavy atom. The van der Waals surface area contributed by atoms with Crippen molar-refractivity contribution in [1.82, 2.24) is 4.31 Å². The number of nitrogens with one attached hydrogen (secondary N) is 1. The van der Waals surface area contributed by atoms with E-state index in [-0.39, 0.29) is 23.1 Å². The second kappa shape index (κ2) is 10.9. The minimum atomic E-state index is -3.67. The highest BCUT2D eigenvalue weighted by Crippen LogP contribution is 2.32. The summed E-state index contributed by atoms with van der Waals surface area (Å²) in [5.41, 5.74) is 0.271. The third-order valence-corrected chi connectivity index (χ3v) is 6.17. The van der Waals surface area contributed by atoms with E-state index in [0.717, 1.165) is 6.42 Å². The lowest BCUT2D eigenvalue weighted by Crippen LogP contribution is -2.30. The van der Waals surface area contributed by atoms with Gasteiger partial charge in [-0.25, -0.2) is 8.42 Å². The van der Waals surface area contributed by atoms with Gasteiger partial charge >= 0.3 is 0 Å². The average Bonchev–Trinajstić information content (AvgIpc) is 2.71. The highest BCUT2D eigenvalue weighted by molar-refractivity contribution is 7.89. The lowest BCUT2D eigenvalue weighted by molar-refractivity contribution is -0.120. The molecule has 0 spiro atoms. The normalized spacial score (nSPS) is 11.4. The van der Waals surface area contributed by atoms with Gasteiger partial charge in [0, 0.05) is 19.7 Å². The van der Waals surface area contributed by atoms with Crippen molar-refractivity contribution >= 4 is 21.6 Å². The van der Waals surface area contributed by atoms with Crippen LogP contribution >= 0.6 is 0 Å². The molecule has 0 aliphatic heterocycles. The summed E-state index contributed by atoms with van der Waals surface area (Å²) in [6.45, 7) is 6.57. The van der Waals surface area contributed by atoms with Gasteiger partial charge in [0.15, 0.2) is 5.75 Å². The van der Waals surface area contributed by atoms with Gasteiger partial charge < -0.3 is 14.8 Å². The minimum Gasteiger partial charge on any atom is -0.455 e. The zero-order valence-electron chi connectivity index (χ0n) is 17.1. The number of sulfonamides is 1. The van der Waals surface area contributed by atoms with Gasteiger partial charge in [-0.1, -0.05) is 39.0 Å². The fraction of sp³-hybridized carbons (Fsp3) is 0.381. The lowest BCUT2D eigenvalue weighted by Gasteiger charge is -2.20. The molecule has 29 heavy (non-hydrogen) atoms. The monoisotopic (exact) mass is 420 g/mol. The van der Waals surface area contributed by atoms with Crippen LogP contribution < -0.4 is 10.1 Å². The Kier molecular flexibility index (Phi) is 8.63. The molecule has 0 saturated heterocycles. The predicted octanol–water partition coefficient (Wildman–Crippen LogP) is 3.87. The van der Waals surface area contributed by atoms with E-state index in [9.17, 15) is 13.2 Å². The van der Waals surface area contributed by atoms with Gasteiger partial charge in [0.05, 0.1) is 10.6 Å². The maximum atomic E-state index is 12.9. The van der Waals surface area contributed by atoms with Gasteiger partial charge in [0.25, 0.3) is 0 Å². The van der Waals surface area contributed by atoms with Crippen LogP contribution in [0.5, 0.6) is 11.5 Å². The van der Waals surface area contributed by atoms with E-state index in [1.165, 1.54) is 16.4 Å². The summed E-state index contributed by atoms with van der Waals surface area (Å²) >= 11 is 0. The molecule has 158 valence electrons. The summed E-state index contributed by atoms with van der Waals surface area (Å²) in [5.74, 6) is 0.539. The summed E-state index contributed by atoms with van der Waals surface area (Å²) < 4.78 is 38.2. The molecule has 8 heteroatoms. The summed E-state index contributed by atoms with van der Waals surface area (Å²) in [5, 5.41) is 2.71. The van der Waals surface area contributed by atoms with Gasteiger partial charge in [-0.05, 0) is 36.8 Å². The summed E-state index contributed by atoms with van der Waals surface area (Å²) in [6.07, 6.45) is 0.799. The number of hydrogen-bond acceptors (Lipinski definition) is 5. The van der Waals surface area contributed by atoms with E-state index < -0.39 is 10.0 Å². The van der Waals surface area contributed by atoms with Crippen molar-refractivity contribution in [3.8, 4) is 11.5 Å². The molecule has 0 radical (unpaired) electrons. The van der Waals surface area contributed by atoms with Crippen LogP contribution in [0, 0.1) is 0 Å². The number of carbonyl (C=O) groups is 1. The number of amides is 1. The first-order valence-corrected chi connectivity index (χ1v) is 11.1. The molecular weight excluding hydrogens is 392 g/mol. The van der Waals surface area contributed by atoms with Gasteiger partial charge in [-0.15, -0.1) is 0 Å². The topological polar surface area (TPSA) is 84.9 Å². The van der Waals surface area contributed by atoms with Crippen molar-refractivity contribution in [2.24, 2.45) is 0 Å². The average molecular weight is 421 g/mol. The van der Waals surface area contributed by atoms with Crippen molar-refractivity contribution in [2.75, 3.05) is 31.6 Å². The van der Waals surface area contributed by atoms with Crippen LogP contribution in [0.3, 0.4) is 0 Å². The fourth-order valence-corrected chi connectivity index (χ4v) is 4.16. The number of rotatable bonds is 11. The van der Waals surface area contributed by atoms with Gasteiger partial charge in [0.1, 0.15) is 12.4 Å². The predicted molar refractivity (Wildman–Crippen MR) is 113 cm³/mol. The van der Waals surface area contributed by atoms with E-state index in [2.05, 4.69) is 5.32 Å². The fourth-order valence-electron chi connectivity index (χ4n) is 2.68. The van der Waals surface area contributed by atoms with Crippen molar-refractivity contribution < 1.29 is 22.7 Å². The van der Waals surface area contributed by atoms with Crippen molar-refractivity contribution in [2.45, 2.75) is 32.1 Å². The summed E-state index contributed by atoms with van der Waals surface area (Å²) in [7, 11) is -3.67. The quantitative estimate of drug-likeness (QED) is 0.558. The highest BCUT2D eigenvalue weighted by atomic mass is 32.2. The molecule has 0 aliphatic rings. The molecule has 0 bridgehead atoms. The number of para-hydroxylation sites is 1. The van der Waals surface area contributed by atoms with Crippen LogP contribution in [-0.2, 0) is 19.6 Å². The van der Waals surface area contributed by atoms with Crippen molar-refractivity contribution in [1.29, 1.82) is 0 Å². The second-order valence-corrected chi connectivity index (χ2v) is 8.20. The van der Waals surface area contributed by atoms with Crippen LogP contribution in [0.2, 0.25) is 0 Å². The van der Waals surface area contributed by atoms with Crippen molar-refractivity contribution in [3.63, 3.8) is 0 Å². The molecule has 0 atom stereocenters. The van der Waals surface area contributed by atoms with E-state index in [1.807, 2.05) is 25.1 Å². The van der Waals surface area contributed by atoms with E-state index in [4.69, 9.17) is 9.47 Å². The smallest absolute Gasteiger partial charge is 0.250 e. The molecule has 1 amide bonds. The Hall–Kier alpha value is -2.42. The molecule has 2 aromatic carbocycles. The molecule has 7 nitrogen and oxygen atoms in total. The molecule has 0 aliphatic carbocycles. The van der Waals surface area contributed by atoms with Crippen LogP contribution in [0.4, 0.5) is 5.69 Å². The molecule has 0 unspecified atom stereocenters. The number of anilines is 1. The van der Waals surface area contributed by atoms with Crippen LogP contribution in [0.25, 0.3) is 0 Å². The number of hydrogen-bond donors (Lipinski definition) is 1. The Bertz CT molecular complexity index is 897. The molecule has 2 aromatic rings. The molecule has 0 heterocycles. The number of ether oxygens (including phenoxy) is 2. The Morgan fingerprint density at radius 1 is 1.03 bits per heavy atom. The first-order chi connectivity index (χ1) is 13.9. The third kappa shape index (κ3) is 6.28. The van der Waals surface area contributed by atoms with E-state index in [0.29, 0.717) is 31.2 Å². The third-order valence-electron chi connectivity index (χ3n) is 4.12. The van der Waals surface area contributed by atoms with Gasteiger partial charge in [-0.2, -0.15) is 4.31 Å². The van der Waals surface area contributed by atoms with E-state index in [1.54, 1.807) is 32.0 Å². The maximum Gasteiger partial charge on any atom is 0.250 e. The molecule has 0 fully saturated rings. The standard InChI is InChI=1S/C21H28N2O5S/c1-4-14-27-16-21(24)22-19-15-18(29(25,26)23(5-2)6-3)12-13-20(19)28-17-10-8-7-9-11-17/h7-13,15H,4-6,14,16H2,1-3H3,(H,22,24). The van der Waals surface area contributed by atoms with Gasteiger partial charge in [0.2, 0.25) is 15.9 Å². The number of carbonyl (C=O) groups excluding carboxylic acids is 1. The molecule has 1 N–H and O–H groups in total. The first kappa shape index (κ1) is 22.9. The lowest BCUT2D eigenvalue weighted by atomic mass is 10.2. The highest BCUT2D eigenvalue weighted by Gasteiger charge is 2.23. The Morgan fingerprint density at radius 2 is 1.72 bits per heavy atom. The van der Waals surface area contributed by atoms with E-state index >= 15 is 0 Å². The molecule has 2 rings (SSSR count). The Labute approximate surface area is 172 Å². The summed E-state index contributed by atoms with van der Waals surface area (Å²) in [6, 6.07) is 13.5. The molecule has 0 aromatic heterocycles. The minimum absolute atomic E-state index is 0.0892. The van der Waals surface area contributed by atoms with Crippen LogP contribution in [-0.4, -0.2) is 44.9 Å². The second-order valence-electron chi connectivity index (χ2n) is 6.26. The maximum absolute atomic E-state index is 12.9. The zero-order valence-corrected chi connectivity index (χ0v) is 17.9. The van der Waals surface area contributed by atoms with Gasteiger partial charge in [-0.3, -0.25) is 4.79 Å². The zero-order chi connectivity index (χ0) is 21.3. The Balaban J connectivity index is 2.36. The molecule has 0 saturated carbocycles. The number of nitrogens with zero attached hydrogens (tertiary/aromatic N) is 1. The van der Waals surface area contributed by atoms with Crippen molar-refractivity contribution in [3.05, 3.63) is 48.5 Å². The number of benzene rings is 2. The largest absolute Gasteiger partial charge is 0.455 e. The SMILES string of the molecule is CCCOCC(=O)Nc1cc(S(=O)(=O)N(CC)CC)ccc1Oc1ccccc1. The summed E-state index contributed by atoms with van der Waals surface area (Å²) in [4.78, 5) is 12.3. The first-order valence-electron chi connectivity index (χ1n) is 9.67.